The number of hydrogen-bond acceptors (Lipinski definition) is 6. The highest BCUT2D eigenvalue weighted by atomic mass is 19.4. The Kier molecular flexibility index (Phi) is 5.89. The van der Waals surface area contributed by atoms with E-state index < -0.39 is 17.6 Å². The maximum absolute atomic E-state index is 13.5. The fourth-order valence-corrected chi connectivity index (χ4v) is 4.13. The van der Waals surface area contributed by atoms with Crippen molar-refractivity contribution in [1.82, 2.24) is 19.9 Å². The molecule has 1 amide bonds. The van der Waals surface area contributed by atoms with E-state index in [1.165, 1.54) is 17.2 Å². The zero-order chi connectivity index (χ0) is 23.8. The fraction of sp³-hybridized carbons (Fsp3) is 0.348. The van der Waals surface area contributed by atoms with Gasteiger partial charge < -0.3 is 10.6 Å². The lowest BCUT2D eigenvalue weighted by atomic mass is 10.0. The number of amides is 1. The van der Waals surface area contributed by atoms with E-state index in [0.717, 1.165) is 24.2 Å². The van der Waals surface area contributed by atoms with Crippen LogP contribution in [0.2, 0.25) is 0 Å². The van der Waals surface area contributed by atoms with E-state index in [1.807, 2.05) is 13.0 Å². The van der Waals surface area contributed by atoms with Crippen molar-refractivity contribution in [3.8, 4) is 6.07 Å². The van der Waals surface area contributed by atoms with Crippen molar-refractivity contribution in [2.24, 2.45) is 5.92 Å². The molecule has 7 nitrogen and oxygen atoms in total. The smallest absolute Gasteiger partial charge is 0.383 e. The van der Waals surface area contributed by atoms with Gasteiger partial charge in [0.1, 0.15) is 11.5 Å². The van der Waals surface area contributed by atoms with Crippen LogP contribution in [0, 0.1) is 24.2 Å². The van der Waals surface area contributed by atoms with E-state index in [9.17, 15) is 23.2 Å². The molecular weight excluding hydrogens is 433 g/mol. The minimum absolute atomic E-state index is 0.0292. The highest BCUT2D eigenvalue weighted by Crippen LogP contribution is 2.32. The Morgan fingerprint density at radius 2 is 2.03 bits per heavy atom. The molecule has 0 bridgehead atoms. The molecule has 0 radical (unpaired) electrons. The SMILES string of the molecule is Cc1cc2cc(C(=O)N(Cc3ccc(C(F)(F)F)cn3)[C@H]3CCC[C@@H]3C#N)ncc2nc1N. The molecule has 1 aliphatic carbocycles. The first-order valence-corrected chi connectivity index (χ1v) is 10.4. The Hall–Kier alpha value is -3.74. The van der Waals surface area contributed by atoms with Crippen molar-refractivity contribution in [2.45, 2.75) is 44.9 Å². The Morgan fingerprint density at radius 3 is 2.70 bits per heavy atom. The van der Waals surface area contributed by atoms with Gasteiger partial charge in [0.05, 0.1) is 41.5 Å². The van der Waals surface area contributed by atoms with Gasteiger partial charge in [0, 0.05) is 17.6 Å². The summed E-state index contributed by atoms with van der Waals surface area (Å²) in [7, 11) is 0. The van der Waals surface area contributed by atoms with Crippen molar-refractivity contribution in [3.63, 3.8) is 0 Å². The van der Waals surface area contributed by atoms with Crippen LogP contribution in [0.4, 0.5) is 19.0 Å². The molecule has 3 aromatic heterocycles. The lowest BCUT2D eigenvalue weighted by Gasteiger charge is -2.30. The predicted molar refractivity (Wildman–Crippen MR) is 115 cm³/mol. The van der Waals surface area contributed by atoms with Crippen LogP contribution in [0.3, 0.4) is 0 Å². The van der Waals surface area contributed by atoms with E-state index in [4.69, 9.17) is 5.73 Å². The van der Waals surface area contributed by atoms with E-state index in [0.29, 0.717) is 35.3 Å². The Labute approximate surface area is 188 Å². The van der Waals surface area contributed by atoms with E-state index >= 15 is 0 Å². The van der Waals surface area contributed by atoms with Crippen molar-refractivity contribution < 1.29 is 18.0 Å². The topological polar surface area (TPSA) is 109 Å². The highest BCUT2D eigenvalue weighted by Gasteiger charge is 2.36. The van der Waals surface area contributed by atoms with Crippen LogP contribution >= 0.6 is 0 Å². The van der Waals surface area contributed by atoms with Crippen LogP contribution in [0.5, 0.6) is 0 Å². The van der Waals surface area contributed by atoms with Gasteiger partial charge in [0.25, 0.3) is 5.91 Å². The van der Waals surface area contributed by atoms with Crippen molar-refractivity contribution in [2.75, 3.05) is 5.73 Å². The Balaban J connectivity index is 1.69. The molecule has 2 N–H and O–H groups in total. The first-order chi connectivity index (χ1) is 15.7. The summed E-state index contributed by atoms with van der Waals surface area (Å²) in [5.74, 6) is -0.408. The van der Waals surface area contributed by atoms with E-state index in [2.05, 4.69) is 21.0 Å². The number of hydrogen-bond donors (Lipinski definition) is 1. The second-order valence-electron chi connectivity index (χ2n) is 8.16. The van der Waals surface area contributed by atoms with Crippen molar-refractivity contribution in [3.05, 3.63) is 59.2 Å². The number of carbonyl (C=O) groups excluding carboxylic acids is 1. The third kappa shape index (κ3) is 4.58. The minimum atomic E-state index is -4.50. The molecule has 0 unspecified atom stereocenters. The van der Waals surface area contributed by atoms with Gasteiger partial charge in [-0.1, -0.05) is 0 Å². The molecule has 1 fully saturated rings. The van der Waals surface area contributed by atoms with Gasteiger partial charge in [0.2, 0.25) is 0 Å². The van der Waals surface area contributed by atoms with Crippen molar-refractivity contribution in [1.29, 1.82) is 5.26 Å². The van der Waals surface area contributed by atoms with Gasteiger partial charge in [-0.2, -0.15) is 18.4 Å². The molecule has 0 aliphatic heterocycles. The van der Waals surface area contributed by atoms with Gasteiger partial charge >= 0.3 is 6.18 Å². The highest BCUT2D eigenvalue weighted by molar-refractivity contribution is 5.96. The first kappa shape index (κ1) is 22.5. The van der Waals surface area contributed by atoms with Gasteiger partial charge in [0.15, 0.2) is 0 Å². The van der Waals surface area contributed by atoms with Gasteiger partial charge in [-0.15, -0.1) is 0 Å². The normalized spacial score (nSPS) is 18.3. The van der Waals surface area contributed by atoms with E-state index in [-0.39, 0.29) is 24.2 Å². The molecular formula is C23H21F3N6O. The lowest BCUT2D eigenvalue weighted by molar-refractivity contribution is -0.137. The number of halogens is 3. The number of fused-ring (bicyclic) bond motifs is 1. The van der Waals surface area contributed by atoms with Crippen LogP contribution in [0.25, 0.3) is 10.9 Å². The maximum atomic E-state index is 13.5. The predicted octanol–water partition coefficient (Wildman–Crippen LogP) is 4.27. The third-order valence-corrected chi connectivity index (χ3v) is 5.94. The molecule has 10 heteroatoms. The molecule has 1 saturated carbocycles. The summed E-state index contributed by atoms with van der Waals surface area (Å²) >= 11 is 0. The molecule has 170 valence electrons. The van der Waals surface area contributed by atoms with E-state index in [1.54, 1.807) is 6.07 Å². The van der Waals surface area contributed by atoms with Crippen LogP contribution < -0.4 is 5.73 Å². The summed E-state index contributed by atoms with van der Waals surface area (Å²) in [4.78, 5) is 27.4. The zero-order valence-corrected chi connectivity index (χ0v) is 17.8. The largest absolute Gasteiger partial charge is 0.417 e. The molecule has 0 spiro atoms. The number of pyridine rings is 3. The number of alkyl halides is 3. The molecule has 0 saturated heterocycles. The summed E-state index contributed by atoms with van der Waals surface area (Å²) < 4.78 is 38.7. The molecule has 1 aliphatic rings. The monoisotopic (exact) mass is 454 g/mol. The summed E-state index contributed by atoms with van der Waals surface area (Å²) in [6.07, 6.45) is -0.233. The quantitative estimate of drug-likeness (QED) is 0.631. The molecule has 2 atom stereocenters. The second kappa shape index (κ2) is 8.65. The summed E-state index contributed by atoms with van der Waals surface area (Å²) in [5.41, 5.74) is 6.74. The fourth-order valence-electron chi connectivity index (χ4n) is 4.13. The van der Waals surface area contributed by atoms with Crippen LogP contribution in [0.15, 0.2) is 36.7 Å². The molecule has 3 aromatic rings. The maximum Gasteiger partial charge on any atom is 0.417 e. The summed E-state index contributed by atoms with van der Waals surface area (Å²) in [6, 6.07) is 7.49. The van der Waals surface area contributed by atoms with Gasteiger partial charge in [-0.25, -0.2) is 9.97 Å². The number of nitrogens with zero attached hydrogens (tertiary/aromatic N) is 5. The van der Waals surface area contributed by atoms with Crippen LogP contribution in [-0.2, 0) is 12.7 Å². The summed E-state index contributed by atoms with van der Waals surface area (Å²) in [5, 5.41) is 10.3. The standard InChI is InChI=1S/C23H21F3N6O/c1-13-7-15-8-18(30-11-19(15)31-21(13)28)22(33)32(20-4-2-3-14(20)9-27)12-17-6-5-16(10-29-17)23(24,25)26/h5-8,10-11,14,20H,2-4,12H2,1H3,(H2,28,31)/t14-,20+/m1/s1. The van der Waals surface area contributed by atoms with Gasteiger partial charge in [-0.3, -0.25) is 9.78 Å². The number of aryl methyl sites for hydroxylation is 1. The second-order valence-corrected chi connectivity index (χ2v) is 8.16. The number of anilines is 1. The number of carbonyl (C=O) groups is 1. The number of nitrogens with two attached hydrogens (primary N) is 1. The van der Waals surface area contributed by atoms with Crippen molar-refractivity contribution >= 4 is 22.6 Å². The Bertz CT molecular complexity index is 1240. The number of nitriles is 1. The number of rotatable bonds is 4. The number of nitrogen functional groups attached to an aromatic ring is 1. The molecule has 3 heterocycles. The average molecular weight is 454 g/mol. The minimum Gasteiger partial charge on any atom is -0.383 e. The summed E-state index contributed by atoms with van der Waals surface area (Å²) in [6.45, 7) is 1.78. The molecule has 0 aromatic carbocycles. The lowest BCUT2D eigenvalue weighted by Crippen LogP contribution is -2.42. The third-order valence-electron chi connectivity index (χ3n) is 5.94. The van der Waals surface area contributed by atoms with Gasteiger partial charge in [-0.05, 0) is 56.0 Å². The molecule has 4 rings (SSSR count). The Morgan fingerprint density at radius 1 is 1.24 bits per heavy atom. The first-order valence-electron chi connectivity index (χ1n) is 10.4. The zero-order valence-electron chi connectivity index (χ0n) is 17.8. The van der Waals surface area contributed by atoms with Crippen LogP contribution in [0.1, 0.15) is 46.6 Å². The average Bonchev–Trinajstić information content (AvgIpc) is 3.26. The van der Waals surface area contributed by atoms with Crippen LogP contribution in [-0.4, -0.2) is 31.8 Å². The molecule has 33 heavy (non-hydrogen) atoms. The number of aromatic nitrogens is 3.